The van der Waals surface area contributed by atoms with Crippen molar-refractivity contribution in [2.75, 3.05) is 26.4 Å². The molecular formula is C20H29N3O5. The van der Waals surface area contributed by atoms with Crippen LogP contribution >= 0.6 is 0 Å². The first-order valence-electron chi connectivity index (χ1n) is 10.0. The Kier molecular flexibility index (Phi) is 7.76. The predicted molar refractivity (Wildman–Crippen MR) is 102 cm³/mol. The van der Waals surface area contributed by atoms with Crippen molar-refractivity contribution >= 4 is 11.8 Å². The molecule has 0 saturated carbocycles. The molecule has 1 aromatic rings. The van der Waals surface area contributed by atoms with Gasteiger partial charge in [0, 0.05) is 31.9 Å². The van der Waals surface area contributed by atoms with E-state index in [0.29, 0.717) is 38.3 Å². The van der Waals surface area contributed by atoms with Gasteiger partial charge >= 0.3 is 0 Å². The van der Waals surface area contributed by atoms with E-state index < -0.39 is 6.10 Å². The van der Waals surface area contributed by atoms with E-state index in [-0.39, 0.29) is 36.5 Å². The summed E-state index contributed by atoms with van der Waals surface area (Å²) in [6.07, 6.45) is 4.77. The summed E-state index contributed by atoms with van der Waals surface area (Å²) in [4.78, 5) is 28.5. The Labute approximate surface area is 165 Å². The zero-order valence-corrected chi connectivity index (χ0v) is 16.0. The van der Waals surface area contributed by atoms with Crippen molar-refractivity contribution in [3.05, 3.63) is 30.1 Å². The van der Waals surface area contributed by atoms with Gasteiger partial charge in [-0.1, -0.05) is 6.07 Å². The number of aliphatic hydroxyl groups excluding tert-OH is 1. The molecule has 3 rings (SSSR count). The van der Waals surface area contributed by atoms with Crippen LogP contribution in [0.4, 0.5) is 0 Å². The van der Waals surface area contributed by atoms with Crippen LogP contribution in [0.2, 0.25) is 0 Å². The Morgan fingerprint density at radius 1 is 1.18 bits per heavy atom. The molecule has 3 heterocycles. The highest BCUT2D eigenvalue weighted by Crippen LogP contribution is 2.22. The number of carbonyl (C=O) groups is 2. The van der Waals surface area contributed by atoms with Gasteiger partial charge in [-0.3, -0.25) is 14.6 Å². The van der Waals surface area contributed by atoms with Crippen molar-refractivity contribution in [3.63, 3.8) is 0 Å². The fraction of sp³-hybridized carbons (Fsp3) is 0.650. The molecular weight excluding hydrogens is 362 g/mol. The SMILES string of the molecule is O=C(N[C@H]1CC[C@@H](CCNC(=O)C2CCOCC2)O[C@@H]1CO)c1ccccn1. The van der Waals surface area contributed by atoms with Gasteiger partial charge in [0.05, 0.1) is 18.8 Å². The Bertz CT molecular complexity index is 636. The molecule has 8 heteroatoms. The smallest absolute Gasteiger partial charge is 0.270 e. The lowest BCUT2D eigenvalue weighted by molar-refractivity contribution is -0.128. The van der Waals surface area contributed by atoms with Crippen LogP contribution in [0.15, 0.2) is 24.4 Å². The number of aromatic nitrogens is 1. The molecule has 154 valence electrons. The van der Waals surface area contributed by atoms with Gasteiger partial charge in [-0.2, -0.15) is 0 Å². The lowest BCUT2D eigenvalue weighted by Gasteiger charge is -2.36. The molecule has 3 N–H and O–H groups in total. The van der Waals surface area contributed by atoms with Gasteiger partial charge in [-0.05, 0) is 44.2 Å². The maximum absolute atomic E-state index is 12.3. The van der Waals surface area contributed by atoms with E-state index in [2.05, 4.69) is 15.6 Å². The summed E-state index contributed by atoms with van der Waals surface area (Å²) in [6.45, 7) is 1.67. The Morgan fingerprint density at radius 2 is 2.00 bits per heavy atom. The monoisotopic (exact) mass is 391 g/mol. The molecule has 2 fully saturated rings. The second-order valence-electron chi connectivity index (χ2n) is 7.32. The van der Waals surface area contributed by atoms with Crippen molar-refractivity contribution < 1.29 is 24.2 Å². The van der Waals surface area contributed by atoms with Gasteiger partial charge < -0.3 is 25.2 Å². The minimum Gasteiger partial charge on any atom is -0.394 e. The molecule has 2 aliphatic rings. The van der Waals surface area contributed by atoms with E-state index in [4.69, 9.17) is 9.47 Å². The van der Waals surface area contributed by atoms with Gasteiger partial charge in [0.1, 0.15) is 11.8 Å². The molecule has 1 aromatic heterocycles. The third-order valence-electron chi connectivity index (χ3n) is 5.37. The van der Waals surface area contributed by atoms with Crippen LogP contribution in [0.5, 0.6) is 0 Å². The number of carbonyl (C=O) groups excluding carboxylic acids is 2. The fourth-order valence-corrected chi connectivity index (χ4v) is 3.71. The van der Waals surface area contributed by atoms with Crippen LogP contribution < -0.4 is 10.6 Å². The van der Waals surface area contributed by atoms with Gasteiger partial charge in [-0.25, -0.2) is 0 Å². The van der Waals surface area contributed by atoms with Gasteiger partial charge in [-0.15, -0.1) is 0 Å². The minimum absolute atomic E-state index is 0.0393. The van der Waals surface area contributed by atoms with E-state index in [1.165, 1.54) is 0 Å². The van der Waals surface area contributed by atoms with Crippen LogP contribution in [0, 0.1) is 5.92 Å². The van der Waals surface area contributed by atoms with Crippen LogP contribution in [-0.2, 0) is 14.3 Å². The van der Waals surface area contributed by atoms with Crippen LogP contribution in [0.3, 0.4) is 0 Å². The number of amides is 2. The highest BCUT2D eigenvalue weighted by Gasteiger charge is 2.32. The number of nitrogens with zero attached hydrogens (tertiary/aromatic N) is 1. The average molecular weight is 391 g/mol. The molecule has 0 aromatic carbocycles. The highest BCUT2D eigenvalue weighted by molar-refractivity contribution is 5.92. The van der Waals surface area contributed by atoms with Crippen LogP contribution in [-0.4, -0.2) is 66.5 Å². The summed E-state index contributed by atoms with van der Waals surface area (Å²) in [6, 6.07) is 4.90. The first-order valence-corrected chi connectivity index (χ1v) is 10.0. The van der Waals surface area contributed by atoms with Crippen molar-refractivity contribution in [1.82, 2.24) is 15.6 Å². The molecule has 0 spiro atoms. The fourth-order valence-electron chi connectivity index (χ4n) is 3.71. The second-order valence-corrected chi connectivity index (χ2v) is 7.32. The number of nitrogens with one attached hydrogen (secondary N) is 2. The van der Waals surface area contributed by atoms with E-state index in [0.717, 1.165) is 19.3 Å². The van der Waals surface area contributed by atoms with E-state index in [1.54, 1.807) is 24.4 Å². The molecule has 0 aliphatic carbocycles. The zero-order valence-electron chi connectivity index (χ0n) is 16.0. The second kappa shape index (κ2) is 10.5. The number of pyridine rings is 1. The molecule has 0 bridgehead atoms. The number of hydrogen-bond acceptors (Lipinski definition) is 6. The average Bonchev–Trinajstić information content (AvgIpc) is 2.75. The lowest BCUT2D eigenvalue weighted by atomic mass is 9.96. The maximum atomic E-state index is 12.3. The van der Waals surface area contributed by atoms with Crippen molar-refractivity contribution in [3.8, 4) is 0 Å². The minimum atomic E-state index is -0.461. The molecule has 0 radical (unpaired) electrons. The van der Waals surface area contributed by atoms with Crippen LogP contribution in [0.25, 0.3) is 0 Å². The maximum Gasteiger partial charge on any atom is 0.270 e. The molecule has 3 atom stereocenters. The van der Waals surface area contributed by atoms with Crippen LogP contribution in [0.1, 0.15) is 42.6 Å². The summed E-state index contributed by atoms with van der Waals surface area (Å²) in [5.74, 6) is -0.148. The molecule has 2 amide bonds. The van der Waals surface area contributed by atoms with Crippen molar-refractivity contribution in [2.24, 2.45) is 5.92 Å². The lowest BCUT2D eigenvalue weighted by Crippen LogP contribution is -2.51. The normalized spacial score (nSPS) is 25.8. The summed E-state index contributed by atoms with van der Waals surface area (Å²) >= 11 is 0. The third-order valence-corrected chi connectivity index (χ3v) is 5.37. The number of hydrogen-bond donors (Lipinski definition) is 3. The topological polar surface area (TPSA) is 110 Å². The highest BCUT2D eigenvalue weighted by atomic mass is 16.5. The number of rotatable bonds is 7. The largest absolute Gasteiger partial charge is 0.394 e. The van der Waals surface area contributed by atoms with Gasteiger partial charge in [0.25, 0.3) is 5.91 Å². The molecule has 2 aliphatic heterocycles. The summed E-state index contributed by atoms with van der Waals surface area (Å²) < 4.78 is 11.2. The van der Waals surface area contributed by atoms with E-state index in [9.17, 15) is 14.7 Å². The number of ether oxygens (including phenoxy) is 2. The standard InChI is InChI=1S/C20H29N3O5/c24-13-18-16(23-20(26)17-3-1-2-9-21-17)5-4-15(28-18)6-10-22-19(25)14-7-11-27-12-8-14/h1-3,9,14-16,18,24H,4-8,10-13H2,(H,22,25)(H,23,26)/t15-,16-,18+/m0/s1. The Balaban J connectivity index is 1.41. The van der Waals surface area contributed by atoms with Crippen molar-refractivity contribution in [2.45, 2.75) is 50.4 Å². The zero-order chi connectivity index (χ0) is 19.8. The van der Waals surface area contributed by atoms with Gasteiger partial charge in [0.2, 0.25) is 5.91 Å². The first kappa shape index (κ1) is 20.7. The summed E-state index contributed by atoms with van der Waals surface area (Å²) in [5, 5.41) is 15.6. The third kappa shape index (κ3) is 5.73. The number of aliphatic hydroxyl groups is 1. The van der Waals surface area contributed by atoms with E-state index >= 15 is 0 Å². The molecule has 0 unspecified atom stereocenters. The quantitative estimate of drug-likeness (QED) is 0.630. The first-order chi connectivity index (χ1) is 13.7. The Hall–Kier alpha value is -2.03. The van der Waals surface area contributed by atoms with E-state index in [1.807, 2.05) is 0 Å². The Morgan fingerprint density at radius 3 is 2.71 bits per heavy atom. The molecule has 8 nitrogen and oxygen atoms in total. The van der Waals surface area contributed by atoms with Gasteiger partial charge in [0.15, 0.2) is 0 Å². The molecule has 28 heavy (non-hydrogen) atoms. The predicted octanol–water partition coefficient (Wildman–Crippen LogP) is 0.653. The summed E-state index contributed by atoms with van der Waals surface area (Å²) in [5.41, 5.74) is 0.345. The summed E-state index contributed by atoms with van der Waals surface area (Å²) in [7, 11) is 0. The molecule has 2 saturated heterocycles. The van der Waals surface area contributed by atoms with Crippen molar-refractivity contribution in [1.29, 1.82) is 0 Å².